The standard InChI is InChI=1S/C24H23NO8S/c1-12-7-16(13(2)33-12)23(27)30-10-20(26)25-22-21(24(28)29-4)17(14(3)34-22)8-15-5-6-18-19(9-15)32-11-31-18/h5-7,9H,8,10-11H2,1-4H3,(H,25,26). The van der Waals surface area contributed by atoms with Crippen LogP contribution in [0.4, 0.5) is 5.00 Å². The number of rotatable bonds is 7. The largest absolute Gasteiger partial charge is 0.466 e. The average Bonchev–Trinajstić information content (AvgIpc) is 3.48. The first-order valence-electron chi connectivity index (χ1n) is 10.4. The minimum Gasteiger partial charge on any atom is -0.466 e. The van der Waals surface area contributed by atoms with Crippen molar-refractivity contribution in [1.82, 2.24) is 0 Å². The fraction of sp³-hybridized carbons (Fsp3) is 0.292. The molecule has 0 atom stereocenters. The van der Waals surface area contributed by atoms with Crippen LogP contribution in [0.3, 0.4) is 0 Å². The summed E-state index contributed by atoms with van der Waals surface area (Å²) in [6, 6.07) is 7.12. The molecule has 1 amide bonds. The van der Waals surface area contributed by atoms with Crippen molar-refractivity contribution in [3.63, 3.8) is 0 Å². The van der Waals surface area contributed by atoms with Crippen LogP contribution >= 0.6 is 11.3 Å². The summed E-state index contributed by atoms with van der Waals surface area (Å²) < 4.78 is 26.2. The average molecular weight is 486 g/mol. The molecule has 0 aliphatic carbocycles. The van der Waals surface area contributed by atoms with Gasteiger partial charge >= 0.3 is 11.9 Å². The molecule has 1 aliphatic rings. The van der Waals surface area contributed by atoms with Crippen LogP contribution in [0, 0.1) is 20.8 Å². The first-order chi connectivity index (χ1) is 16.3. The number of nitrogens with one attached hydrogen (secondary N) is 1. The summed E-state index contributed by atoms with van der Waals surface area (Å²) in [6.07, 6.45) is 0.424. The molecule has 2 aromatic heterocycles. The lowest BCUT2D eigenvalue weighted by molar-refractivity contribution is -0.119. The van der Waals surface area contributed by atoms with Crippen molar-refractivity contribution in [2.24, 2.45) is 0 Å². The van der Waals surface area contributed by atoms with Crippen molar-refractivity contribution < 1.29 is 37.7 Å². The lowest BCUT2D eigenvalue weighted by atomic mass is 10.0. The molecule has 0 bridgehead atoms. The number of methoxy groups -OCH3 is 1. The molecule has 0 saturated heterocycles. The molecule has 10 heteroatoms. The highest BCUT2D eigenvalue weighted by atomic mass is 32.1. The zero-order valence-corrected chi connectivity index (χ0v) is 19.9. The Morgan fingerprint density at radius 3 is 2.53 bits per heavy atom. The van der Waals surface area contributed by atoms with E-state index < -0.39 is 24.5 Å². The van der Waals surface area contributed by atoms with E-state index in [9.17, 15) is 14.4 Å². The van der Waals surface area contributed by atoms with Gasteiger partial charge in [0.1, 0.15) is 22.1 Å². The minimum absolute atomic E-state index is 0.171. The smallest absolute Gasteiger partial charge is 0.342 e. The van der Waals surface area contributed by atoms with E-state index in [1.54, 1.807) is 19.9 Å². The number of benzene rings is 1. The molecule has 9 nitrogen and oxygen atoms in total. The van der Waals surface area contributed by atoms with Gasteiger partial charge in [-0.25, -0.2) is 9.59 Å². The second kappa shape index (κ2) is 9.60. The Morgan fingerprint density at radius 1 is 1.06 bits per heavy atom. The molecule has 0 radical (unpaired) electrons. The van der Waals surface area contributed by atoms with Crippen LogP contribution in [0.5, 0.6) is 11.5 Å². The lowest BCUT2D eigenvalue weighted by Gasteiger charge is -2.09. The summed E-state index contributed by atoms with van der Waals surface area (Å²) in [7, 11) is 1.28. The predicted molar refractivity (Wildman–Crippen MR) is 123 cm³/mol. The van der Waals surface area contributed by atoms with Crippen LogP contribution in [0.25, 0.3) is 0 Å². The van der Waals surface area contributed by atoms with Crippen LogP contribution in [0.2, 0.25) is 0 Å². The molecule has 34 heavy (non-hydrogen) atoms. The zero-order valence-electron chi connectivity index (χ0n) is 19.1. The fourth-order valence-electron chi connectivity index (χ4n) is 3.66. The molecule has 3 heterocycles. The lowest BCUT2D eigenvalue weighted by Crippen LogP contribution is -2.22. The number of fused-ring (bicyclic) bond motifs is 1. The molecular weight excluding hydrogens is 462 g/mol. The number of hydrogen-bond donors (Lipinski definition) is 1. The van der Waals surface area contributed by atoms with Crippen LogP contribution in [0.15, 0.2) is 28.7 Å². The molecule has 3 aromatic rings. The molecule has 0 saturated carbocycles. The van der Waals surface area contributed by atoms with Crippen molar-refractivity contribution in [1.29, 1.82) is 0 Å². The van der Waals surface area contributed by atoms with Gasteiger partial charge in [0.2, 0.25) is 6.79 Å². The number of aryl methyl sites for hydroxylation is 3. The van der Waals surface area contributed by atoms with E-state index in [2.05, 4.69) is 5.32 Å². The topological polar surface area (TPSA) is 113 Å². The summed E-state index contributed by atoms with van der Waals surface area (Å²) >= 11 is 1.25. The predicted octanol–water partition coefficient (Wildman–Crippen LogP) is 4.17. The van der Waals surface area contributed by atoms with Crippen LogP contribution in [-0.4, -0.2) is 38.4 Å². The van der Waals surface area contributed by atoms with Crippen LogP contribution in [0.1, 0.15) is 48.2 Å². The maximum atomic E-state index is 12.6. The minimum atomic E-state index is -0.663. The Labute approximate surface area is 199 Å². The Balaban J connectivity index is 1.50. The van der Waals surface area contributed by atoms with Crippen molar-refractivity contribution in [2.45, 2.75) is 27.2 Å². The summed E-state index contributed by atoms with van der Waals surface area (Å²) in [5, 5.41) is 3.00. The van der Waals surface area contributed by atoms with E-state index in [1.807, 2.05) is 25.1 Å². The second-order valence-corrected chi connectivity index (χ2v) is 8.87. The van der Waals surface area contributed by atoms with Gasteiger partial charge in [-0.05, 0) is 56.5 Å². The summed E-state index contributed by atoms with van der Waals surface area (Å²) in [6.45, 7) is 4.87. The third-order valence-electron chi connectivity index (χ3n) is 5.26. The number of carbonyl (C=O) groups is 3. The first kappa shape index (κ1) is 23.4. The highest BCUT2D eigenvalue weighted by Gasteiger charge is 2.25. The van der Waals surface area contributed by atoms with E-state index in [4.69, 9.17) is 23.4 Å². The van der Waals surface area contributed by atoms with Gasteiger partial charge in [0.05, 0.1) is 12.7 Å². The molecular formula is C24H23NO8S. The molecule has 1 aromatic carbocycles. The molecule has 4 rings (SSSR count). The number of hydrogen-bond acceptors (Lipinski definition) is 9. The highest BCUT2D eigenvalue weighted by molar-refractivity contribution is 7.16. The molecule has 1 aliphatic heterocycles. The van der Waals surface area contributed by atoms with Crippen LogP contribution < -0.4 is 14.8 Å². The molecule has 1 N–H and O–H groups in total. The van der Waals surface area contributed by atoms with E-state index >= 15 is 0 Å². The number of ether oxygens (including phenoxy) is 4. The fourth-order valence-corrected chi connectivity index (χ4v) is 4.73. The van der Waals surface area contributed by atoms with Gasteiger partial charge in [0.25, 0.3) is 5.91 Å². The summed E-state index contributed by atoms with van der Waals surface area (Å²) in [4.78, 5) is 38.2. The normalized spacial score (nSPS) is 11.9. The van der Waals surface area contributed by atoms with Crippen molar-refractivity contribution in [3.05, 3.63) is 62.9 Å². The van der Waals surface area contributed by atoms with E-state index in [-0.39, 0.29) is 17.9 Å². The number of anilines is 1. The van der Waals surface area contributed by atoms with E-state index in [0.717, 1.165) is 16.0 Å². The Morgan fingerprint density at radius 2 is 1.82 bits per heavy atom. The van der Waals surface area contributed by atoms with Gasteiger partial charge in [-0.3, -0.25) is 4.79 Å². The SMILES string of the molecule is COC(=O)c1c(NC(=O)COC(=O)c2cc(C)oc2C)sc(C)c1Cc1ccc2c(c1)OCO2. The maximum Gasteiger partial charge on any atom is 0.342 e. The molecule has 178 valence electrons. The van der Waals surface area contributed by atoms with Gasteiger partial charge in [-0.2, -0.15) is 0 Å². The number of carbonyl (C=O) groups excluding carboxylic acids is 3. The first-order valence-corrected chi connectivity index (χ1v) is 11.2. The Hall–Kier alpha value is -3.79. The quantitative estimate of drug-likeness (QED) is 0.496. The summed E-state index contributed by atoms with van der Waals surface area (Å²) in [5.41, 5.74) is 2.17. The van der Waals surface area contributed by atoms with Gasteiger partial charge in [-0.1, -0.05) is 6.07 Å². The number of esters is 2. The Kier molecular flexibility index (Phi) is 6.60. The van der Waals surface area contributed by atoms with Crippen molar-refractivity contribution in [3.8, 4) is 11.5 Å². The number of thiophene rings is 1. The van der Waals surface area contributed by atoms with E-state index in [0.29, 0.717) is 34.4 Å². The molecule has 0 spiro atoms. The summed E-state index contributed by atoms with van der Waals surface area (Å²) in [5.74, 6) is 0.483. The van der Waals surface area contributed by atoms with Gasteiger partial charge < -0.3 is 28.7 Å². The van der Waals surface area contributed by atoms with Crippen molar-refractivity contribution in [2.75, 3.05) is 25.8 Å². The van der Waals surface area contributed by atoms with E-state index in [1.165, 1.54) is 18.4 Å². The third kappa shape index (κ3) is 4.76. The van der Waals surface area contributed by atoms with Gasteiger partial charge in [0, 0.05) is 4.88 Å². The highest BCUT2D eigenvalue weighted by Crippen LogP contribution is 2.37. The van der Waals surface area contributed by atoms with Crippen molar-refractivity contribution >= 4 is 34.2 Å². The zero-order chi connectivity index (χ0) is 24.4. The number of furan rings is 1. The van der Waals surface area contributed by atoms with Crippen LogP contribution in [-0.2, 0) is 20.7 Å². The number of amides is 1. The Bertz CT molecular complexity index is 1270. The van der Waals surface area contributed by atoms with Gasteiger partial charge in [-0.15, -0.1) is 11.3 Å². The maximum absolute atomic E-state index is 12.6. The monoisotopic (exact) mass is 485 g/mol. The molecule has 0 unspecified atom stereocenters. The third-order valence-corrected chi connectivity index (χ3v) is 6.33. The second-order valence-electron chi connectivity index (χ2n) is 7.65. The molecule has 0 fully saturated rings. The van der Waals surface area contributed by atoms with Gasteiger partial charge in [0.15, 0.2) is 18.1 Å².